The summed E-state index contributed by atoms with van der Waals surface area (Å²) in [6, 6.07) is 12.7. The highest BCUT2D eigenvalue weighted by molar-refractivity contribution is 5.87. The Balaban J connectivity index is 1.85. The number of carbonyl (C=O) groups is 3. The number of ether oxygens (including phenoxy) is 1. The van der Waals surface area contributed by atoms with E-state index in [1.807, 2.05) is 32.0 Å². The molecule has 0 aromatic heterocycles. The lowest BCUT2D eigenvalue weighted by Crippen LogP contribution is -2.61. The molecule has 1 saturated heterocycles. The molecule has 1 fully saturated rings. The normalized spacial score (nSPS) is 20.6. The van der Waals surface area contributed by atoms with Crippen LogP contribution in [0.2, 0.25) is 0 Å². The zero-order valence-corrected chi connectivity index (χ0v) is 18.7. The van der Waals surface area contributed by atoms with Crippen LogP contribution in [0, 0.1) is 5.92 Å². The summed E-state index contributed by atoms with van der Waals surface area (Å²) in [6.45, 7) is 4.43. The molecule has 7 heteroatoms. The number of carboxylic acids is 1. The van der Waals surface area contributed by atoms with Crippen molar-refractivity contribution in [2.75, 3.05) is 6.61 Å². The first-order valence-corrected chi connectivity index (χ1v) is 11.2. The van der Waals surface area contributed by atoms with Crippen LogP contribution in [0.4, 0.5) is 0 Å². The number of aliphatic carboxylic acids is 1. The Bertz CT molecular complexity index is 947. The Morgan fingerprint density at radius 2 is 1.91 bits per heavy atom. The van der Waals surface area contributed by atoms with E-state index >= 15 is 0 Å². The number of aldehydes is 1. The Morgan fingerprint density at radius 3 is 2.56 bits per heavy atom. The Morgan fingerprint density at radius 1 is 1.16 bits per heavy atom. The molecule has 7 nitrogen and oxygen atoms in total. The number of nitrogens with one attached hydrogen (secondary N) is 2. The Hall–Kier alpha value is -2.77. The lowest BCUT2D eigenvalue weighted by atomic mass is 9.89. The number of benzene rings is 2. The van der Waals surface area contributed by atoms with E-state index in [1.54, 1.807) is 0 Å². The van der Waals surface area contributed by atoms with Crippen molar-refractivity contribution < 1.29 is 24.2 Å². The number of fused-ring (bicyclic) bond motifs is 1. The molecule has 1 unspecified atom stereocenters. The number of hydrogen-bond acceptors (Lipinski definition) is 5. The fraction of sp³-hybridized carbons (Fsp3) is 0.480. The molecule has 0 aliphatic carbocycles. The summed E-state index contributed by atoms with van der Waals surface area (Å²) in [6.07, 6.45) is 3.30. The van der Waals surface area contributed by atoms with E-state index in [1.165, 1.54) is 0 Å². The van der Waals surface area contributed by atoms with Crippen molar-refractivity contribution >= 4 is 28.9 Å². The van der Waals surface area contributed by atoms with Gasteiger partial charge in [0.05, 0.1) is 18.5 Å². The predicted molar refractivity (Wildman–Crippen MR) is 122 cm³/mol. The minimum Gasteiger partial charge on any atom is -0.481 e. The lowest BCUT2D eigenvalue weighted by Gasteiger charge is -2.42. The third-order valence-electron chi connectivity index (χ3n) is 5.96. The second-order valence-electron chi connectivity index (χ2n) is 8.83. The summed E-state index contributed by atoms with van der Waals surface area (Å²) in [7, 11) is 0. The maximum absolute atomic E-state index is 13.0. The molecule has 0 bridgehead atoms. The van der Waals surface area contributed by atoms with E-state index in [4.69, 9.17) is 9.84 Å². The van der Waals surface area contributed by atoms with Crippen LogP contribution < -0.4 is 10.6 Å². The van der Waals surface area contributed by atoms with E-state index in [0.29, 0.717) is 19.3 Å². The standard InChI is InChI=1S/C25H32N2O5/c1-17(2)23(24(31)26-20(16-28)14-22(29)30)27-25(12-5-6-13-32-25)15-19-10-7-9-18-8-3-4-11-21(18)19/h3-4,7-11,16-17,20,23,27H,5-6,12-15H2,1-2H3,(H,26,31)(H,29,30)/t20-,23-,25?/m0/s1. The molecule has 1 amide bonds. The number of amides is 1. The van der Waals surface area contributed by atoms with Gasteiger partial charge in [-0.3, -0.25) is 14.9 Å². The van der Waals surface area contributed by atoms with Gasteiger partial charge in [-0.25, -0.2) is 0 Å². The van der Waals surface area contributed by atoms with Gasteiger partial charge in [-0.1, -0.05) is 56.3 Å². The van der Waals surface area contributed by atoms with Crippen molar-refractivity contribution in [2.24, 2.45) is 5.92 Å². The largest absolute Gasteiger partial charge is 0.481 e. The zero-order valence-electron chi connectivity index (χ0n) is 18.7. The summed E-state index contributed by atoms with van der Waals surface area (Å²) < 4.78 is 6.29. The van der Waals surface area contributed by atoms with Gasteiger partial charge < -0.3 is 20.0 Å². The molecule has 3 N–H and O–H groups in total. The van der Waals surface area contributed by atoms with Gasteiger partial charge in [0.25, 0.3) is 0 Å². The maximum Gasteiger partial charge on any atom is 0.305 e. The summed E-state index contributed by atoms with van der Waals surface area (Å²) >= 11 is 0. The molecule has 1 aliphatic heterocycles. The molecular formula is C25H32N2O5. The predicted octanol–water partition coefficient (Wildman–Crippen LogP) is 3.05. The van der Waals surface area contributed by atoms with E-state index in [2.05, 4.69) is 34.9 Å². The van der Waals surface area contributed by atoms with Gasteiger partial charge in [0.1, 0.15) is 12.0 Å². The quantitative estimate of drug-likeness (QED) is 0.491. The van der Waals surface area contributed by atoms with Crippen LogP contribution in [0.15, 0.2) is 42.5 Å². The van der Waals surface area contributed by atoms with Gasteiger partial charge in [0, 0.05) is 13.0 Å². The van der Waals surface area contributed by atoms with E-state index in [-0.39, 0.29) is 5.92 Å². The molecule has 0 spiro atoms. The smallest absolute Gasteiger partial charge is 0.305 e. The molecule has 3 rings (SSSR count). The molecule has 2 aromatic carbocycles. The van der Waals surface area contributed by atoms with Crippen molar-refractivity contribution in [3.63, 3.8) is 0 Å². The van der Waals surface area contributed by atoms with Crippen LogP contribution in [-0.2, 0) is 25.5 Å². The molecule has 172 valence electrons. The molecule has 1 aliphatic rings. The Labute approximate surface area is 188 Å². The van der Waals surface area contributed by atoms with Gasteiger partial charge in [0.2, 0.25) is 5.91 Å². The van der Waals surface area contributed by atoms with Crippen molar-refractivity contribution in [3.8, 4) is 0 Å². The molecule has 2 aromatic rings. The first-order chi connectivity index (χ1) is 15.3. The number of carboxylic acid groups (broad SMARTS) is 1. The summed E-state index contributed by atoms with van der Waals surface area (Å²) in [5, 5.41) is 17.3. The van der Waals surface area contributed by atoms with Crippen LogP contribution in [0.25, 0.3) is 10.8 Å². The molecule has 0 saturated carbocycles. The third-order valence-corrected chi connectivity index (χ3v) is 5.96. The van der Waals surface area contributed by atoms with Crippen LogP contribution in [0.3, 0.4) is 0 Å². The molecule has 32 heavy (non-hydrogen) atoms. The summed E-state index contributed by atoms with van der Waals surface area (Å²) in [5.74, 6) is -1.63. The van der Waals surface area contributed by atoms with Crippen molar-refractivity contribution in [1.82, 2.24) is 10.6 Å². The first-order valence-electron chi connectivity index (χ1n) is 11.2. The maximum atomic E-state index is 13.0. The highest BCUT2D eigenvalue weighted by Gasteiger charge is 2.39. The molecule has 3 atom stereocenters. The van der Waals surface area contributed by atoms with Gasteiger partial charge >= 0.3 is 5.97 Å². The average molecular weight is 441 g/mol. The minimum atomic E-state index is -1.14. The number of hydrogen-bond donors (Lipinski definition) is 3. The van der Waals surface area contributed by atoms with Crippen molar-refractivity contribution in [2.45, 2.75) is 63.8 Å². The van der Waals surface area contributed by atoms with Crippen LogP contribution in [0.5, 0.6) is 0 Å². The summed E-state index contributed by atoms with van der Waals surface area (Å²) in [5.41, 5.74) is 0.412. The first kappa shape index (κ1) is 23.9. The van der Waals surface area contributed by atoms with Crippen LogP contribution >= 0.6 is 0 Å². The molecular weight excluding hydrogens is 408 g/mol. The van der Waals surface area contributed by atoms with E-state index in [9.17, 15) is 14.4 Å². The summed E-state index contributed by atoms with van der Waals surface area (Å²) in [4.78, 5) is 35.3. The highest BCUT2D eigenvalue weighted by atomic mass is 16.5. The van der Waals surface area contributed by atoms with Crippen molar-refractivity contribution in [1.29, 1.82) is 0 Å². The van der Waals surface area contributed by atoms with Gasteiger partial charge in [0.15, 0.2) is 0 Å². The van der Waals surface area contributed by atoms with Crippen LogP contribution in [-0.4, -0.2) is 47.7 Å². The zero-order chi connectivity index (χ0) is 23.1. The fourth-order valence-electron chi connectivity index (χ4n) is 4.32. The minimum absolute atomic E-state index is 0.0953. The monoisotopic (exact) mass is 440 g/mol. The second kappa shape index (κ2) is 10.7. The average Bonchev–Trinajstić information content (AvgIpc) is 2.77. The second-order valence-corrected chi connectivity index (χ2v) is 8.83. The van der Waals surface area contributed by atoms with Crippen molar-refractivity contribution in [3.05, 3.63) is 48.0 Å². The van der Waals surface area contributed by atoms with Gasteiger partial charge in [-0.2, -0.15) is 0 Å². The number of rotatable bonds is 10. The van der Waals surface area contributed by atoms with Gasteiger partial charge in [-0.15, -0.1) is 0 Å². The SMILES string of the molecule is CC(C)[C@H](NC1(Cc2cccc3ccccc23)CCCCO1)C(=O)N[C@H](C=O)CC(=O)O. The highest BCUT2D eigenvalue weighted by Crippen LogP contribution is 2.31. The topological polar surface area (TPSA) is 105 Å². The fourth-order valence-corrected chi connectivity index (χ4v) is 4.32. The van der Waals surface area contributed by atoms with E-state index < -0.39 is 36.1 Å². The molecule has 1 heterocycles. The van der Waals surface area contributed by atoms with Crippen LogP contribution in [0.1, 0.15) is 45.1 Å². The lowest BCUT2D eigenvalue weighted by molar-refractivity contribution is -0.140. The third kappa shape index (κ3) is 5.93. The van der Waals surface area contributed by atoms with Gasteiger partial charge in [-0.05, 0) is 41.5 Å². The van der Waals surface area contributed by atoms with E-state index in [0.717, 1.165) is 35.6 Å². The molecule has 0 radical (unpaired) electrons. The number of carbonyl (C=O) groups excluding carboxylic acids is 2. The Kier molecular flexibility index (Phi) is 7.99.